The molecule has 1 amide bonds. The second-order valence-corrected chi connectivity index (χ2v) is 5.90. The summed E-state index contributed by atoms with van der Waals surface area (Å²) in [5.41, 5.74) is -0.796. The van der Waals surface area contributed by atoms with Crippen LogP contribution in [-0.2, 0) is 6.54 Å². The Balaban J connectivity index is 1.74. The SMILES string of the molecule is O=C(NCc1cccnc1N1CCCC(O)C1)c1c[nH]c(=O)[nH]c1=O. The zero-order valence-electron chi connectivity index (χ0n) is 13.5. The van der Waals surface area contributed by atoms with Gasteiger partial charge in [0.2, 0.25) is 0 Å². The molecule has 2 aromatic rings. The Morgan fingerprint density at radius 2 is 2.28 bits per heavy atom. The molecule has 0 aliphatic carbocycles. The van der Waals surface area contributed by atoms with Crippen molar-refractivity contribution >= 4 is 11.7 Å². The minimum atomic E-state index is -0.744. The molecule has 9 nitrogen and oxygen atoms in total. The van der Waals surface area contributed by atoms with Crippen molar-refractivity contribution in [2.45, 2.75) is 25.5 Å². The molecule has 0 radical (unpaired) electrons. The Kier molecular flexibility index (Phi) is 4.94. The first kappa shape index (κ1) is 16.9. The summed E-state index contributed by atoms with van der Waals surface area (Å²) in [5.74, 6) is 0.114. The van der Waals surface area contributed by atoms with Crippen LogP contribution in [-0.4, -0.2) is 45.2 Å². The highest BCUT2D eigenvalue weighted by Gasteiger charge is 2.21. The number of hydrogen-bond acceptors (Lipinski definition) is 6. The maximum atomic E-state index is 12.2. The van der Waals surface area contributed by atoms with Crippen molar-refractivity contribution in [1.82, 2.24) is 20.3 Å². The van der Waals surface area contributed by atoms with Crippen molar-refractivity contribution in [1.29, 1.82) is 0 Å². The monoisotopic (exact) mass is 345 g/mol. The molecule has 4 N–H and O–H groups in total. The molecular formula is C16H19N5O4. The molecule has 1 fully saturated rings. The molecule has 1 aliphatic heterocycles. The van der Waals surface area contributed by atoms with E-state index in [0.29, 0.717) is 12.4 Å². The highest BCUT2D eigenvalue weighted by Crippen LogP contribution is 2.21. The van der Waals surface area contributed by atoms with E-state index >= 15 is 0 Å². The van der Waals surface area contributed by atoms with Gasteiger partial charge in [0.25, 0.3) is 11.5 Å². The summed E-state index contributed by atoms with van der Waals surface area (Å²) in [6.07, 6.45) is 3.99. The van der Waals surface area contributed by atoms with Crippen LogP contribution in [0.1, 0.15) is 28.8 Å². The molecular weight excluding hydrogens is 326 g/mol. The first-order valence-corrected chi connectivity index (χ1v) is 8.01. The molecule has 3 heterocycles. The van der Waals surface area contributed by atoms with Crippen molar-refractivity contribution in [3.05, 3.63) is 56.5 Å². The van der Waals surface area contributed by atoms with E-state index in [0.717, 1.165) is 31.1 Å². The highest BCUT2D eigenvalue weighted by molar-refractivity contribution is 5.93. The Morgan fingerprint density at radius 1 is 1.44 bits per heavy atom. The standard InChI is InChI=1S/C16H19N5O4/c22-11-4-2-6-21(9-11)13-10(3-1-5-17-13)7-18-14(23)12-8-19-16(25)20-15(12)24/h1,3,5,8,11,22H,2,4,6-7,9H2,(H,18,23)(H2,19,20,24,25). The van der Waals surface area contributed by atoms with Crippen molar-refractivity contribution < 1.29 is 9.90 Å². The topological polar surface area (TPSA) is 131 Å². The van der Waals surface area contributed by atoms with Gasteiger partial charge in [0.1, 0.15) is 11.4 Å². The van der Waals surface area contributed by atoms with E-state index in [1.807, 2.05) is 16.0 Å². The van der Waals surface area contributed by atoms with Crippen LogP contribution in [0.25, 0.3) is 0 Å². The van der Waals surface area contributed by atoms with Gasteiger partial charge in [-0.3, -0.25) is 14.6 Å². The lowest BCUT2D eigenvalue weighted by Gasteiger charge is -2.32. The summed E-state index contributed by atoms with van der Waals surface area (Å²) in [4.78, 5) is 45.5. The third-order valence-electron chi connectivity index (χ3n) is 4.07. The molecule has 0 bridgehead atoms. The van der Waals surface area contributed by atoms with Gasteiger partial charge < -0.3 is 20.3 Å². The maximum Gasteiger partial charge on any atom is 0.325 e. The van der Waals surface area contributed by atoms with Crippen molar-refractivity contribution in [3.63, 3.8) is 0 Å². The number of rotatable bonds is 4. The van der Waals surface area contributed by atoms with Crippen LogP contribution >= 0.6 is 0 Å². The lowest BCUT2D eigenvalue weighted by molar-refractivity contribution is 0.0948. The molecule has 0 saturated carbocycles. The fourth-order valence-electron chi connectivity index (χ4n) is 2.85. The maximum absolute atomic E-state index is 12.2. The lowest BCUT2D eigenvalue weighted by atomic mass is 10.1. The van der Waals surface area contributed by atoms with Crippen LogP contribution in [0.4, 0.5) is 5.82 Å². The van der Waals surface area contributed by atoms with Crippen molar-refractivity contribution in [2.75, 3.05) is 18.0 Å². The van der Waals surface area contributed by atoms with Crippen molar-refractivity contribution in [2.24, 2.45) is 0 Å². The van der Waals surface area contributed by atoms with E-state index in [1.54, 1.807) is 12.3 Å². The number of nitrogens with zero attached hydrogens (tertiary/aromatic N) is 2. The van der Waals surface area contributed by atoms with Crippen LogP contribution in [0.5, 0.6) is 0 Å². The number of anilines is 1. The van der Waals surface area contributed by atoms with Crippen LogP contribution < -0.4 is 21.5 Å². The zero-order chi connectivity index (χ0) is 17.8. The predicted molar refractivity (Wildman–Crippen MR) is 90.5 cm³/mol. The van der Waals surface area contributed by atoms with E-state index in [4.69, 9.17) is 0 Å². The number of aliphatic hydroxyl groups is 1. The highest BCUT2D eigenvalue weighted by atomic mass is 16.3. The number of β-amino-alcohol motifs (C(OH)–C–C–N with tert-alkyl or cyclic N) is 1. The molecule has 3 rings (SSSR count). The summed E-state index contributed by atoms with van der Waals surface area (Å²) in [5, 5.41) is 12.5. The fourth-order valence-corrected chi connectivity index (χ4v) is 2.85. The van der Waals surface area contributed by atoms with Crippen LogP contribution in [0.2, 0.25) is 0 Å². The first-order valence-electron chi connectivity index (χ1n) is 8.01. The lowest BCUT2D eigenvalue weighted by Crippen LogP contribution is -2.39. The quantitative estimate of drug-likeness (QED) is 0.582. The minimum Gasteiger partial charge on any atom is -0.391 e. The average Bonchev–Trinajstić information content (AvgIpc) is 2.60. The Hall–Kier alpha value is -2.94. The number of aliphatic hydroxyl groups excluding tert-OH is 1. The number of H-pyrrole nitrogens is 2. The van der Waals surface area contributed by atoms with E-state index in [1.165, 1.54) is 0 Å². The number of aromatic nitrogens is 3. The third kappa shape index (κ3) is 3.94. The number of carbonyl (C=O) groups excluding carboxylic acids is 1. The number of pyridine rings is 1. The van der Waals surface area contributed by atoms with Gasteiger partial charge in [-0.2, -0.15) is 0 Å². The van der Waals surface area contributed by atoms with E-state index < -0.39 is 23.3 Å². The molecule has 1 saturated heterocycles. The molecule has 25 heavy (non-hydrogen) atoms. The second-order valence-electron chi connectivity index (χ2n) is 5.90. The summed E-state index contributed by atoms with van der Waals surface area (Å²) in [6.45, 7) is 1.46. The van der Waals surface area contributed by atoms with Gasteiger partial charge in [0.15, 0.2) is 0 Å². The smallest absolute Gasteiger partial charge is 0.325 e. The fraction of sp³-hybridized carbons (Fsp3) is 0.375. The zero-order valence-corrected chi connectivity index (χ0v) is 13.5. The minimum absolute atomic E-state index is 0.168. The largest absolute Gasteiger partial charge is 0.391 e. The molecule has 0 aromatic carbocycles. The Morgan fingerprint density at radius 3 is 3.04 bits per heavy atom. The van der Waals surface area contributed by atoms with Crippen LogP contribution in [0.15, 0.2) is 34.1 Å². The first-order chi connectivity index (χ1) is 12.0. The van der Waals surface area contributed by atoms with Gasteiger partial charge in [-0.25, -0.2) is 9.78 Å². The van der Waals surface area contributed by atoms with Gasteiger partial charge in [-0.15, -0.1) is 0 Å². The van der Waals surface area contributed by atoms with Crippen LogP contribution in [0.3, 0.4) is 0 Å². The number of hydrogen-bond donors (Lipinski definition) is 4. The van der Waals surface area contributed by atoms with Crippen molar-refractivity contribution in [3.8, 4) is 0 Å². The van der Waals surface area contributed by atoms with Gasteiger partial charge in [-0.1, -0.05) is 6.07 Å². The van der Waals surface area contributed by atoms with Gasteiger partial charge in [0, 0.05) is 37.6 Å². The molecule has 9 heteroatoms. The summed E-state index contributed by atoms with van der Waals surface area (Å²) in [7, 11) is 0. The molecule has 1 atom stereocenters. The van der Waals surface area contributed by atoms with Gasteiger partial charge >= 0.3 is 5.69 Å². The summed E-state index contributed by atoms with van der Waals surface area (Å²) >= 11 is 0. The molecule has 2 aromatic heterocycles. The van der Waals surface area contributed by atoms with Gasteiger partial charge in [-0.05, 0) is 18.9 Å². The van der Waals surface area contributed by atoms with E-state index in [9.17, 15) is 19.5 Å². The number of amides is 1. The normalized spacial score (nSPS) is 17.3. The Labute approximate surface area is 142 Å². The molecule has 0 spiro atoms. The Bertz CT molecular complexity index is 875. The summed E-state index contributed by atoms with van der Waals surface area (Å²) in [6, 6.07) is 3.60. The van der Waals surface area contributed by atoms with E-state index in [-0.39, 0.29) is 12.1 Å². The average molecular weight is 345 g/mol. The predicted octanol–water partition coefficient (Wildman–Crippen LogP) is -0.651. The molecule has 1 unspecified atom stereocenters. The van der Waals surface area contributed by atoms with E-state index in [2.05, 4.69) is 15.3 Å². The molecule has 132 valence electrons. The molecule has 1 aliphatic rings. The number of carbonyl (C=O) groups is 1. The third-order valence-corrected chi connectivity index (χ3v) is 4.07. The number of aromatic amines is 2. The number of piperidine rings is 1. The number of nitrogens with one attached hydrogen (secondary N) is 3. The second kappa shape index (κ2) is 7.31. The summed E-state index contributed by atoms with van der Waals surface area (Å²) < 4.78 is 0. The van der Waals surface area contributed by atoms with Gasteiger partial charge in [0.05, 0.1) is 6.10 Å². The van der Waals surface area contributed by atoms with Crippen LogP contribution in [0, 0.1) is 0 Å².